The number of amides is 2. The maximum atomic E-state index is 12.0. The van der Waals surface area contributed by atoms with Crippen LogP contribution < -0.4 is 10.5 Å². The SMILES string of the molecule is COc1cccc(/C=C2/SC(=O)N(CCN)C2=O)n1. The minimum atomic E-state index is -0.329. The molecular formula is C12H13N3O3S. The third-order valence-electron chi connectivity index (χ3n) is 2.46. The van der Waals surface area contributed by atoms with E-state index in [1.165, 1.54) is 7.11 Å². The Morgan fingerprint density at radius 3 is 2.95 bits per heavy atom. The van der Waals surface area contributed by atoms with Gasteiger partial charge in [0.1, 0.15) is 0 Å². The number of thioether (sulfide) groups is 1. The van der Waals surface area contributed by atoms with E-state index in [2.05, 4.69) is 4.98 Å². The summed E-state index contributed by atoms with van der Waals surface area (Å²) in [5, 5.41) is -0.301. The number of ether oxygens (including phenoxy) is 1. The lowest BCUT2D eigenvalue weighted by atomic mass is 10.3. The molecule has 2 rings (SSSR count). The third-order valence-corrected chi connectivity index (χ3v) is 3.37. The maximum Gasteiger partial charge on any atom is 0.293 e. The molecule has 2 N–H and O–H groups in total. The van der Waals surface area contributed by atoms with E-state index < -0.39 is 0 Å². The Hall–Kier alpha value is -1.86. The van der Waals surface area contributed by atoms with Gasteiger partial charge in [0.2, 0.25) is 5.88 Å². The molecule has 0 atom stereocenters. The molecule has 100 valence electrons. The van der Waals surface area contributed by atoms with Crippen LogP contribution in [0, 0.1) is 0 Å². The van der Waals surface area contributed by atoms with Crippen molar-refractivity contribution < 1.29 is 14.3 Å². The monoisotopic (exact) mass is 279 g/mol. The van der Waals surface area contributed by atoms with Crippen molar-refractivity contribution in [2.75, 3.05) is 20.2 Å². The number of hydrogen-bond donors (Lipinski definition) is 1. The molecule has 1 aliphatic rings. The van der Waals surface area contributed by atoms with Crippen LogP contribution in [0.5, 0.6) is 5.88 Å². The number of carbonyl (C=O) groups is 2. The Morgan fingerprint density at radius 2 is 2.26 bits per heavy atom. The summed E-state index contributed by atoms with van der Waals surface area (Å²) in [6.07, 6.45) is 1.57. The average Bonchev–Trinajstić information content (AvgIpc) is 2.67. The lowest BCUT2D eigenvalue weighted by Gasteiger charge is -2.09. The zero-order valence-electron chi connectivity index (χ0n) is 10.3. The van der Waals surface area contributed by atoms with Crippen molar-refractivity contribution in [3.63, 3.8) is 0 Å². The Balaban J connectivity index is 2.24. The Labute approximate surface area is 114 Å². The van der Waals surface area contributed by atoms with Crippen LogP contribution in [-0.2, 0) is 4.79 Å². The van der Waals surface area contributed by atoms with Crippen LogP contribution in [0.2, 0.25) is 0 Å². The van der Waals surface area contributed by atoms with Crippen LogP contribution in [0.3, 0.4) is 0 Å². The lowest BCUT2D eigenvalue weighted by molar-refractivity contribution is -0.122. The van der Waals surface area contributed by atoms with Crippen LogP contribution in [-0.4, -0.2) is 41.2 Å². The van der Waals surface area contributed by atoms with Crippen LogP contribution in [0.25, 0.3) is 6.08 Å². The van der Waals surface area contributed by atoms with Crippen LogP contribution in [0.15, 0.2) is 23.1 Å². The summed E-state index contributed by atoms with van der Waals surface area (Å²) in [5.74, 6) is 0.125. The van der Waals surface area contributed by atoms with Gasteiger partial charge in [0, 0.05) is 19.2 Å². The van der Waals surface area contributed by atoms with Gasteiger partial charge < -0.3 is 10.5 Å². The number of nitrogens with two attached hydrogens (primary N) is 1. The Kier molecular flexibility index (Phi) is 4.18. The van der Waals surface area contributed by atoms with Crippen molar-refractivity contribution in [3.05, 3.63) is 28.8 Å². The first kappa shape index (κ1) is 13.6. The van der Waals surface area contributed by atoms with Crippen molar-refractivity contribution in [3.8, 4) is 5.88 Å². The van der Waals surface area contributed by atoms with Crippen molar-refractivity contribution >= 4 is 29.0 Å². The molecule has 0 radical (unpaired) electrons. The van der Waals surface area contributed by atoms with Gasteiger partial charge in [-0.15, -0.1) is 0 Å². The average molecular weight is 279 g/mol. The molecule has 1 saturated heterocycles. The number of hydrogen-bond acceptors (Lipinski definition) is 6. The standard InChI is InChI=1S/C12H13N3O3S/c1-18-10-4-2-3-8(14-10)7-9-11(16)15(6-5-13)12(17)19-9/h2-4,7H,5-6,13H2,1H3/b9-7+. The number of nitrogens with zero attached hydrogens (tertiary/aromatic N) is 2. The smallest absolute Gasteiger partial charge is 0.293 e. The molecular weight excluding hydrogens is 266 g/mol. The number of methoxy groups -OCH3 is 1. The molecule has 0 unspecified atom stereocenters. The van der Waals surface area contributed by atoms with Gasteiger partial charge in [-0.25, -0.2) is 4.98 Å². The second-order valence-corrected chi connectivity index (χ2v) is 4.72. The highest BCUT2D eigenvalue weighted by Crippen LogP contribution is 2.31. The molecule has 0 spiro atoms. The summed E-state index contributed by atoms with van der Waals surface area (Å²) in [6, 6.07) is 5.21. The largest absolute Gasteiger partial charge is 0.481 e. The van der Waals surface area contributed by atoms with E-state index in [-0.39, 0.29) is 24.2 Å². The Bertz CT molecular complexity index is 545. The van der Waals surface area contributed by atoms with E-state index >= 15 is 0 Å². The molecule has 6 nitrogen and oxygen atoms in total. The molecule has 7 heteroatoms. The van der Waals surface area contributed by atoms with Crippen molar-refractivity contribution in [2.24, 2.45) is 5.73 Å². The van der Waals surface area contributed by atoms with Gasteiger partial charge in [0.25, 0.3) is 11.1 Å². The van der Waals surface area contributed by atoms with Crippen LogP contribution in [0.4, 0.5) is 4.79 Å². The molecule has 19 heavy (non-hydrogen) atoms. The summed E-state index contributed by atoms with van der Waals surface area (Å²) in [6.45, 7) is 0.482. The second kappa shape index (κ2) is 5.85. The predicted octanol–water partition coefficient (Wildman–Crippen LogP) is 1.09. The van der Waals surface area contributed by atoms with Crippen LogP contribution >= 0.6 is 11.8 Å². The van der Waals surface area contributed by atoms with Crippen molar-refractivity contribution in [1.29, 1.82) is 0 Å². The first-order valence-corrected chi connectivity index (χ1v) is 6.44. The Morgan fingerprint density at radius 1 is 1.47 bits per heavy atom. The predicted molar refractivity (Wildman–Crippen MR) is 72.5 cm³/mol. The minimum Gasteiger partial charge on any atom is -0.481 e. The van der Waals surface area contributed by atoms with E-state index in [1.54, 1.807) is 24.3 Å². The number of carbonyl (C=O) groups excluding carboxylic acids is 2. The summed E-state index contributed by atoms with van der Waals surface area (Å²) < 4.78 is 5.00. The molecule has 1 aromatic rings. The van der Waals surface area contributed by atoms with Gasteiger partial charge in [-0.1, -0.05) is 6.07 Å². The fraction of sp³-hybridized carbons (Fsp3) is 0.250. The number of aromatic nitrogens is 1. The second-order valence-electron chi connectivity index (χ2n) is 3.73. The van der Waals surface area contributed by atoms with Gasteiger partial charge >= 0.3 is 0 Å². The van der Waals surface area contributed by atoms with Crippen molar-refractivity contribution in [2.45, 2.75) is 0 Å². The minimum absolute atomic E-state index is 0.230. The van der Waals surface area contributed by atoms with E-state index in [4.69, 9.17) is 10.5 Å². The fourth-order valence-electron chi connectivity index (χ4n) is 1.58. The normalized spacial score (nSPS) is 17.4. The van der Waals surface area contributed by atoms with E-state index in [1.807, 2.05) is 0 Å². The van der Waals surface area contributed by atoms with Gasteiger partial charge in [0.05, 0.1) is 17.7 Å². The lowest BCUT2D eigenvalue weighted by Crippen LogP contribution is -2.33. The summed E-state index contributed by atoms with van der Waals surface area (Å²) >= 11 is 0.892. The maximum absolute atomic E-state index is 12.0. The zero-order chi connectivity index (χ0) is 13.8. The summed E-state index contributed by atoms with van der Waals surface area (Å²) in [4.78, 5) is 29.2. The molecule has 0 aliphatic carbocycles. The van der Waals surface area contributed by atoms with Gasteiger partial charge in [-0.2, -0.15) is 0 Å². The molecule has 2 heterocycles. The highest BCUT2D eigenvalue weighted by atomic mass is 32.2. The van der Waals surface area contributed by atoms with Gasteiger partial charge in [-0.3, -0.25) is 14.5 Å². The highest BCUT2D eigenvalue weighted by molar-refractivity contribution is 8.18. The van der Waals surface area contributed by atoms with E-state index in [9.17, 15) is 9.59 Å². The van der Waals surface area contributed by atoms with E-state index in [0.717, 1.165) is 16.7 Å². The molecule has 1 fully saturated rings. The molecule has 2 amide bonds. The first-order valence-electron chi connectivity index (χ1n) is 5.62. The van der Waals surface area contributed by atoms with Crippen LogP contribution in [0.1, 0.15) is 5.69 Å². The van der Waals surface area contributed by atoms with Gasteiger partial charge in [0.15, 0.2) is 0 Å². The van der Waals surface area contributed by atoms with E-state index in [0.29, 0.717) is 16.5 Å². The molecule has 1 aliphatic heterocycles. The third kappa shape index (κ3) is 2.94. The number of imide groups is 1. The molecule has 1 aromatic heterocycles. The van der Waals surface area contributed by atoms with Crippen molar-refractivity contribution in [1.82, 2.24) is 9.88 Å². The summed E-state index contributed by atoms with van der Waals surface area (Å²) in [5.41, 5.74) is 5.93. The van der Waals surface area contributed by atoms with Gasteiger partial charge in [-0.05, 0) is 23.9 Å². The molecule has 0 aromatic carbocycles. The number of pyridine rings is 1. The zero-order valence-corrected chi connectivity index (χ0v) is 11.1. The quantitative estimate of drug-likeness (QED) is 0.830. The topological polar surface area (TPSA) is 85.5 Å². The molecule has 0 saturated carbocycles. The number of rotatable bonds is 4. The first-order chi connectivity index (χ1) is 9.15. The highest BCUT2D eigenvalue weighted by Gasteiger charge is 2.34. The molecule has 0 bridgehead atoms. The fourth-order valence-corrected chi connectivity index (χ4v) is 2.43. The summed E-state index contributed by atoms with van der Waals surface area (Å²) in [7, 11) is 1.52.